The average molecular weight is 264 g/mol. The highest BCUT2D eigenvalue weighted by Crippen LogP contribution is 2.15. The zero-order chi connectivity index (χ0) is 14.3. The molecule has 6 nitrogen and oxygen atoms in total. The predicted molar refractivity (Wildman–Crippen MR) is 65.2 cm³/mol. The highest BCUT2D eigenvalue weighted by Gasteiger charge is 2.35. The molecule has 0 rings (SSSR count). The van der Waals surface area contributed by atoms with E-state index < -0.39 is 31.0 Å². The molecule has 0 unspecified atom stereocenters. The maximum Gasteiger partial charge on any atom is 0.151 e. The van der Waals surface area contributed by atoms with Crippen LogP contribution in [0.25, 0.3) is 0 Å². The molecular weight excluding hydrogens is 240 g/mol. The molecule has 0 heterocycles. The zero-order valence-corrected chi connectivity index (χ0v) is 11.3. The Hall–Kier alpha value is -0.530. The molecular formula is C12H24O6. The minimum atomic E-state index is -1.40. The Labute approximate surface area is 108 Å². The molecule has 0 fully saturated rings. The van der Waals surface area contributed by atoms with Crippen LogP contribution in [0, 0.1) is 0 Å². The number of carbonyl (C=O) groups is 1. The molecule has 3 N–H and O–H groups in total. The van der Waals surface area contributed by atoms with Gasteiger partial charge in [-0.15, -0.1) is 0 Å². The summed E-state index contributed by atoms with van der Waals surface area (Å²) in [5.41, 5.74) is 0. The zero-order valence-electron chi connectivity index (χ0n) is 11.3. The highest BCUT2D eigenvalue weighted by molar-refractivity contribution is 5.57. The van der Waals surface area contributed by atoms with Gasteiger partial charge in [-0.3, -0.25) is 0 Å². The summed E-state index contributed by atoms with van der Waals surface area (Å²) in [6, 6.07) is 0. The van der Waals surface area contributed by atoms with Gasteiger partial charge < -0.3 is 29.6 Å². The SMILES string of the molecule is CC(C)O[C@@H]([C@@H](O)[C@H](O)CO)[C@H](C=O)OC(C)C. The largest absolute Gasteiger partial charge is 0.394 e. The number of carbonyl (C=O) groups excluding carboxylic acids is 1. The first-order chi connectivity index (χ1) is 8.33. The van der Waals surface area contributed by atoms with Crippen LogP contribution in [0.5, 0.6) is 0 Å². The van der Waals surface area contributed by atoms with Crippen LogP contribution in [0.1, 0.15) is 27.7 Å². The van der Waals surface area contributed by atoms with Crippen LogP contribution in [0.4, 0.5) is 0 Å². The smallest absolute Gasteiger partial charge is 0.151 e. The van der Waals surface area contributed by atoms with Gasteiger partial charge in [0.25, 0.3) is 0 Å². The quantitative estimate of drug-likeness (QED) is 0.485. The number of ether oxygens (including phenoxy) is 2. The van der Waals surface area contributed by atoms with Gasteiger partial charge in [0.05, 0.1) is 18.8 Å². The summed E-state index contributed by atoms with van der Waals surface area (Å²) in [5.74, 6) is 0. The Kier molecular flexibility index (Phi) is 8.30. The topological polar surface area (TPSA) is 96.2 Å². The molecule has 0 bridgehead atoms. The van der Waals surface area contributed by atoms with Crippen LogP contribution in [0.2, 0.25) is 0 Å². The summed E-state index contributed by atoms with van der Waals surface area (Å²) in [4.78, 5) is 11.0. The van der Waals surface area contributed by atoms with E-state index in [0.717, 1.165) is 0 Å². The van der Waals surface area contributed by atoms with Gasteiger partial charge in [0.15, 0.2) is 6.29 Å². The van der Waals surface area contributed by atoms with Gasteiger partial charge in [0.1, 0.15) is 24.4 Å². The van der Waals surface area contributed by atoms with E-state index in [9.17, 15) is 15.0 Å². The van der Waals surface area contributed by atoms with Gasteiger partial charge in [-0.1, -0.05) is 0 Å². The lowest BCUT2D eigenvalue weighted by Crippen LogP contribution is -2.50. The standard InChI is InChI=1S/C12H24O6/c1-7(2)17-10(6-14)12(18-8(3)4)11(16)9(15)5-13/h6-13,15-16H,5H2,1-4H3/t9-,10+,11+,12-/m1/s1. The van der Waals surface area contributed by atoms with E-state index in [2.05, 4.69) is 0 Å². The van der Waals surface area contributed by atoms with E-state index in [4.69, 9.17) is 14.6 Å². The van der Waals surface area contributed by atoms with E-state index >= 15 is 0 Å². The third-order valence-corrected chi connectivity index (χ3v) is 2.23. The summed E-state index contributed by atoms with van der Waals surface area (Å²) >= 11 is 0. The minimum Gasteiger partial charge on any atom is -0.394 e. The summed E-state index contributed by atoms with van der Waals surface area (Å²) in [6.07, 6.45) is -4.75. The molecule has 0 aromatic carbocycles. The maximum absolute atomic E-state index is 11.0. The van der Waals surface area contributed by atoms with Gasteiger partial charge in [-0.2, -0.15) is 0 Å². The van der Waals surface area contributed by atoms with Crippen molar-refractivity contribution in [2.45, 2.75) is 64.3 Å². The van der Waals surface area contributed by atoms with E-state index in [0.29, 0.717) is 6.29 Å². The molecule has 0 amide bonds. The van der Waals surface area contributed by atoms with Crippen molar-refractivity contribution in [2.24, 2.45) is 0 Å². The first kappa shape index (κ1) is 17.5. The lowest BCUT2D eigenvalue weighted by atomic mass is 10.0. The first-order valence-electron chi connectivity index (χ1n) is 6.06. The van der Waals surface area contributed by atoms with Crippen molar-refractivity contribution in [1.29, 1.82) is 0 Å². The molecule has 4 atom stereocenters. The third kappa shape index (κ3) is 5.88. The van der Waals surface area contributed by atoms with Gasteiger partial charge >= 0.3 is 0 Å². The summed E-state index contributed by atoms with van der Waals surface area (Å²) < 4.78 is 10.7. The fourth-order valence-corrected chi connectivity index (χ4v) is 1.49. The number of hydrogen-bond donors (Lipinski definition) is 3. The van der Waals surface area contributed by atoms with Crippen molar-refractivity contribution >= 4 is 6.29 Å². The van der Waals surface area contributed by atoms with Gasteiger partial charge in [-0.05, 0) is 27.7 Å². The van der Waals surface area contributed by atoms with Crippen molar-refractivity contribution in [3.05, 3.63) is 0 Å². The van der Waals surface area contributed by atoms with Crippen LogP contribution in [-0.2, 0) is 14.3 Å². The Bertz CT molecular complexity index is 231. The molecule has 0 saturated carbocycles. The Balaban J connectivity index is 4.87. The second-order valence-electron chi connectivity index (χ2n) is 4.68. The van der Waals surface area contributed by atoms with Crippen LogP contribution < -0.4 is 0 Å². The van der Waals surface area contributed by atoms with Crippen molar-refractivity contribution in [2.75, 3.05) is 6.61 Å². The molecule has 0 aliphatic carbocycles. The number of aliphatic hydroxyl groups is 3. The monoisotopic (exact) mass is 264 g/mol. The molecule has 0 spiro atoms. The summed E-state index contributed by atoms with van der Waals surface area (Å²) in [5, 5.41) is 28.1. The average Bonchev–Trinajstić information content (AvgIpc) is 2.30. The predicted octanol–water partition coefficient (Wildman–Crippen LogP) is -0.513. The molecule has 0 aromatic heterocycles. The lowest BCUT2D eigenvalue weighted by molar-refractivity contribution is -0.176. The molecule has 0 aromatic rings. The highest BCUT2D eigenvalue weighted by atomic mass is 16.6. The van der Waals surface area contributed by atoms with Crippen LogP contribution >= 0.6 is 0 Å². The van der Waals surface area contributed by atoms with Crippen molar-refractivity contribution in [3.63, 3.8) is 0 Å². The van der Waals surface area contributed by atoms with E-state index in [1.807, 2.05) is 0 Å². The first-order valence-corrected chi connectivity index (χ1v) is 6.06. The fraction of sp³-hybridized carbons (Fsp3) is 0.917. The maximum atomic E-state index is 11.0. The minimum absolute atomic E-state index is 0.225. The van der Waals surface area contributed by atoms with E-state index in [1.54, 1.807) is 27.7 Å². The summed E-state index contributed by atoms with van der Waals surface area (Å²) in [6.45, 7) is 6.35. The van der Waals surface area contributed by atoms with Crippen molar-refractivity contribution in [1.82, 2.24) is 0 Å². The Morgan fingerprint density at radius 3 is 1.89 bits per heavy atom. The molecule has 0 saturated heterocycles. The van der Waals surface area contributed by atoms with Crippen LogP contribution in [0.15, 0.2) is 0 Å². The third-order valence-electron chi connectivity index (χ3n) is 2.23. The van der Waals surface area contributed by atoms with E-state index in [-0.39, 0.29) is 12.2 Å². The van der Waals surface area contributed by atoms with Crippen molar-refractivity contribution < 1.29 is 29.6 Å². The lowest BCUT2D eigenvalue weighted by Gasteiger charge is -2.32. The second kappa shape index (κ2) is 8.55. The molecule has 108 valence electrons. The van der Waals surface area contributed by atoms with Gasteiger partial charge in [0, 0.05) is 0 Å². The number of rotatable bonds is 9. The van der Waals surface area contributed by atoms with E-state index in [1.165, 1.54) is 0 Å². The molecule has 0 radical (unpaired) electrons. The van der Waals surface area contributed by atoms with Gasteiger partial charge in [-0.25, -0.2) is 0 Å². The van der Waals surface area contributed by atoms with Crippen LogP contribution in [-0.4, -0.2) is 64.8 Å². The van der Waals surface area contributed by atoms with Gasteiger partial charge in [0.2, 0.25) is 0 Å². The second-order valence-corrected chi connectivity index (χ2v) is 4.68. The molecule has 0 aliphatic rings. The Morgan fingerprint density at radius 1 is 1.06 bits per heavy atom. The molecule has 6 heteroatoms. The Morgan fingerprint density at radius 2 is 1.56 bits per heavy atom. The molecule has 0 aliphatic heterocycles. The fourth-order valence-electron chi connectivity index (χ4n) is 1.49. The number of aldehydes is 1. The normalized spacial score (nSPS) is 18.7. The molecule has 18 heavy (non-hydrogen) atoms. The van der Waals surface area contributed by atoms with Crippen molar-refractivity contribution in [3.8, 4) is 0 Å². The van der Waals surface area contributed by atoms with Crippen LogP contribution in [0.3, 0.4) is 0 Å². The summed E-state index contributed by atoms with van der Waals surface area (Å²) in [7, 11) is 0. The number of hydrogen-bond acceptors (Lipinski definition) is 6. The number of aliphatic hydroxyl groups excluding tert-OH is 3.